The van der Waals surface area contributed by atoms with Gasteiger partial charge >= 0.3 is 0 Å². The lowest BCUT2D eigenvalue weighted by Crippen LogP contribution is -2.22. The summed E-state index contributed by atoms with van der Waals surface area (Å²) in [6, 6.07) is 8.67. The van der Waals surface area contributed by atoms with Crippen LogP contribution in [0, 0.1) is 5.92 Å². The number of hydrogen-bond donors (Lipinski definition) is 1. The van der Waals surface area contributed by atoms with Gasteiger partial charge in [-0.25, -0.2) is 0 Å². The maximum Gasteiger partial charge on any atom is 0.147 e. The van der Waals surface area contributed by atoms with Crippen molar-refractivity contribution in [1.82, 2.24) is 15.5 Å². The third kappa shape index (κ3) is 4.90. The fraction of sp³-hybridized carbons (Fsp3) is 0.529. The number of hydrogen-bond acceptors (Lipinski definition) is 4. The molecule has 1 heterocycles. The molecule has 114 valence electrons. The first-order valence-corrected chi connectivity index (χ1v) is 8.51. The second-order valence-corrected chi connectivity index (χ2v) is 7.19. The Balaban J connectivity index is 1.93. The normalized spacial score (nSPS) is 11.5. The van der Waals surface area contributed by atoms with Crippen LogP contribution in [-0.2, 0) is 6.42 Å². The van der Waals surface area contributed by atoms with Gasteiger partial charge in [0.1, 0.15) is 10.0 Å². The molecule has 1 aromatic heterocycles. The van der Waals surface area contributed by atoms with Crippen LogP contribution in [0.4, 0.5) is 0 Å². The smallest absolute Gasteiger partial charge is 0.147 e. The third-order valence-electron chi connectivity index (χ3n) is 3.36. The molecule has 2 aromatic rings. The van der Waals surface area contributed by atoms with Gasteiger partial charge in [0.2, 0.25) is 0 Å². The summed E-state index contributed by atoms with van der Waals surface area (Å²) in [5.74, 6) is 1.26. The molecule has 0 spiro atoms. The Morgan fingerprint density at radius 2 is 1.76 bits per heavy atom. The minimum Gasteiger partial charge on any atom is -0.316 e. The van der Waals surface area contributed by atoms with Crippen LogP contribution in [0.3, 0.4) is 0 Å². The lowest BCUT2D eigenvalue weighted by molar-refractivity contribution is 0.553. The largest absolute Gasteiger partial charge is 0.316 e. The summed E-state index contributed by atoms with van der Waals surface area (Å²) in [5, 5.41) is 14.2. The summed E-state index contributed by atoms with van der Waals surface area (Å²) >= 11 is 1.70. The second-order valence-electron chi connectivity index (χ2n) is 6.13. The van der Waals surface area contributed by atoms with E-state index in [2.05, 4.69) is 67.5 Å². The van der Waals surface area contributed by atoms with Gasteiger partial charge in [0.25, 0.3) is 0 Å². The van der Waals surface area contributed by atoms with Crippen LogP contribution < -0.4 is 5.32 Å². The molecular formula is C17H25N3S. The summed E-state index contributed by atoms with van der Waals surface area (Å²) in [4.78, 5) is 0. The van der Waals surface area contributed by atoms with Crippen LogP contribution in [0.2, 0.25) is 0 Å². The SMILES string of the molecule is CC(C)CNCCc1nnc(-c2ccc(C(C)C)cc2)s1. The highest BCUT2D eigenvalue weighted by Crippen LogP contribution is 2.25. The van der Waals surface area contributed by atoms with Gasteiger partial charge in [0.15, 0.2) is 0 Å². The molecule has 1 aromatic carbocycles. The van der Waals surface area contributed by atoms with Crippen LogP contribution in [0.1, 0.15) is 44.2 Å². The summed E-state index contributed by atoms with van der Waals surface area (Å²) in [6.07, 6.45) is 0.953. The highest BCUT2D eigenvalue weighted by Gasteiger charge is 2.07. The minimum atomic E-state index is 0.566. The first-order chi connectivity index (χ1) is 10.1. The van der Waals surface area contributed by atoms with Crippen molar-refractivity contribution < 1.29 is 0 Å². The van der Waals surface area contributed by atoms with Crippen LogP contribution in [-0.4, -0.2) is 23.3 Å². The van der Waals surface area contributed by atoms with E-state index < -0.39 is 0 Å². The van der Waals surface area contributed by atoms with Crippen LogP contribution in [0.15, 0.2) is 24.3 Å². The summed E-state index contributed by atoms with van der Waals surface area (Å²) in [7, 11) is 0. The Bertz CT molecular complexity index is 543. The first-order valence-electron chi connectivity index (χ1n) is 7.69. The second kappa shape index (κ2) is 7.66. The van der Waals surface area contributed by atoms with E-state index in [1.165, 1.54) is 11.1 Å². The van der Waals surface area contributed by atoms with Gasteiger partial charge in [-0.2, -0.15) is 0 Å². The zero-order valence-corrected chi connectivity index (χ0v) is 14.2. The van der Waals surface area contributed by atoms with E-state index in [-0.39, 0.29) is 0 Å². The molecule has 4 heteroatoms. The van der Waals surface area contributed by atoms with Crippen LogP contribution in [0.5, 0.6) is 0 Å². The predicted molar refractivity (Wildman–Crippen MR) is 90.8 cm³/mol. The average molecular weight is 303 g/mol. The van der Waals surface area contributed by atoms with E-state index in [1.807, 2.05) is 0 Å². The Hall–Kier alpha value is -1.26. The maximum absolute atomic E-state index is 4.32. The number of rotatable bonds is 7. The molecule has 0 bridgehead atoms. The van der Waals surface area contributed by atoms with E-state index in [1.54, 1.807) is 11.3 Å². The molecule has 0 amide bonds. The van der Waals surface area contributed by atoms with Crippen molar-refractivity contribution >= 4 is 11.3 Å². The monoisotopic (exact) mass is 303 g/mol. The molecule has 0 aliphatic heterocycles. The molecule has 1 N–H and O–H groups in total. The standard InChI is InChI=1S/C17H25N3S/c1-12(2)11-18-10-9-16-19-20-17(21-16)15-7-5-14(6-8-15)13(3)4/h5-8,12-13,18H,9-11H2,1-4H3. The fourth-order valence-corrected chi connectivity index (χ4v) is 2.91. The van der Waals surface area contributed by atoms with Gasteiger partial charge in [-0.15, -0.1) is 10.2 Å². The maximum atomic E-state index is 4.32. The van der Waals surface area contributed by atoms with Gasteiger partial charge in [-0.1, -0.05) is 63.3 Å². The van der Waals surface area contributed by atoms with Crippen molar-refractivity contribution in [2.45, 2.75) is 40.0 Å². The number of benzene rings is 1. The molecule has 21 heavy (non-hydrogen) atoms. The van der Waals surface area contributed by atoms with E-state index in [0.717, 1.165) is 29.5 Å². The zero-order chi connectivity index (χ0) is 15.2. The van der Waals surface area contributed by atoms with E-state index in [9.17, 15) is 0 Å². The molecule has 0 saturated heterocycles. The summed E-state index contributed by atoms with van der Waals surface area (Å²) in [6.45, 7) is 10.9. The summed E-state index contributed by atoms with van der Waals surface area (Å²) < 4.78 is 0. The van der Waals surface area contributed by atoms with Crippen molar-refractivity contribution in [2.24, 2.45) is 5.92 Å². The highest BCUT2D eigenvalue weighted by atomic mass is 32.1. The number of nitrogens with zero attached hydrogens (tertiary/aromatic N) is 2. The lowest BCUT2D eigenvalue weighted by atomic mass is 10.0. The van der Waals surface area contributed by atoms with Crippen molar-refractivity contribution in [2.75, 3.05) is 13.1 Å². The van der Waals surface area contributed by atoms with Crippen molar-refractivity contribution in [3.05, 3.63) is 34.8 Å². The molecule has 2 rings (SSSR count). The molecule has 0 saturated carbocycles. The Morgan fingerprint density at radius 1 is 1.05 bits per heavy atom. The van der Waals surface area contributed by atoms with Crippen LogP contribution in [0.25, 0.3) is 10.6 Å². The van der Waals surface area contributed by atoms with Gasteiger partial charge in [0.05, 0.1) is 0 Å². The van der Waals surface area contributed by atoms with Crippen LogP contribution >= 0.6 is 11.3 Å². The van der Waals surface area contributed by atoms with Gasteiger partial charge in [-0.3, -0.25) is 0 Å². The van der Waals surface area contributed by atoms with Gasteiger partial charge < -0.3 is 5.32 Å². The van der Waals surface area contributed by atoms with E-state index >= 15 is 0 Å². The fourth-order valence-electron chi connectivity index (χ4n) is 2.07. The molecule has 0 atom stereocenters. The number of aromatic nitrogens is 2. The Kier molecular flexibility index (Phi) is 5.88. The molecular weight excluding hydrogens is 278 g/mol. The van der Waals surface area contributed by atoms with E-state index in [0.29, 0.717) is 11.8 Å². The average Bonchev–Trinajstić information content (AvgIpc) is 2.92. The molecule has 3 nitrogen and oxygen atoms in total. The number of nitrogens with one attached hydrogen (secondary N) is 1. The predicted octanol–water partition coefficient (Wildman–Crippen LogP) is 4.12. The summed E-state index contributed by atoms with van der Waals surface area (Å²) in [5.41, 5.74) is 2.53. The molecule has 0 aliphatic rings. The first kappa shape index (κ1) is 16.1. The Labute approximate surface area is 131 Å². The minimum absolute atomic E-state index is 0.566. The van der Waals surface area contributed by atoms with Crippen molar-refractivity contribution in [3.63, 3.8) is 0 Å². The molecule has 0 unspecified atom stereocenters. The molecule has 0 fully saturated rings. The Morgan fingerprint density at radius 3 is 2.38 bits per heavy atom. The third-order valence-corrected chi connectivity index (χ3v) is 4.39. The van der Waals surface area contributed by atoms with Gasteiger partial charge in [0, 0.05) is 18.5 Å². The highest BCUT2D eigenvalue weighted by molar-refractivity contribution is 7.14. The zero-order valence-electron chi connectivity index (χ0n) is 13.4. The quantitative estimate of drug-likeness (QED) is 0.782. The van der Waals surface area contributed by atoms with Crippen molar-refractivity contribution in [1.29, 1.82) is 0 Å². The van der Waals surface area contributed by atoms with Crippen molar-refractivity contribution in [3.8, 4) is 10.6 Å². The lowest BCUT2D eigenvalue weighted by Gasteiger charge is -2.05. The molecule has 0 radical (unpaired) electrons. The molecule has 0 aliphatic carbocycles. The van der Waals surface area contributed by atoms with Gasteiger partial charge in [-0.05, 0) is 23.9 Å². The van der Waals surface area contributed by atoms with E-state index in [4.69, 9.17) is 0 Å². The topological polar surface area (TPSA) is 37.8 Å².